The van der Waals surface area contributed by atoms with E-state index in [1.54, 1.807) is 7.11 Å². The van der Waals surface area contributed by atoms with Crippen molar-refractivity contribution < 1.29 is 14.3 Å². The third kappa shape index (κ3) is 1.47. The van der Waals surface area contributed by atoms with Crippen LogP contribution in [0, 0.1) is 6.92 Å². The molecule has 2 rings (SSSR count). The van der Waals surface area contributed by atoms with Gasteiger partial charge in [0, 0.05) is 5.92 Å². The molecule has 0 aromatic heterocycles. The number of esters is 1. The predicted molar refractivity (Wildman–Crippen MR) is 61.0 cm³/mol. The number of fused-ring (bicyclic) bond motifs is 1. The summed E-state index contributed by atoms with van der Waals surface area (Å²) in [6.07, 6.45) is -0.0765. The second-order valence-corrected chi connectivity index (χ2v) is 4.28. The Morgan fingerprint density at radius 2 is 2.00 bits per heavy atom. The second-order valence-electron chi connectivity index (χ2n) is 4.28. The van der Waals surface area contributed by atoms with Gasteiger partial charge in [0.2, 0.25) is 0 Å². The van der Waals surface area contributed by atoms with E-state index in [9.17, 15) is 4.79 Å². The topological polar surface area (TPSA) is 35.5 Å². The predicted octanol–water partition coefficient (Wildman–Crippen LogP) is 2.67. The molecule has 1 aromatic carbocycles. The van der Waals surface area contributed by atoms with Crippen molar-refractivity contribution in [3.8, 4) is 5.75 Å². The van der Waals surface area contributed by atoms with Crippen molar-refractivity contribution in [1.82, 2.24) is 0 Å². The van der Waals surface area contributed by atoms with Gasteiger partial charge in [0.15, 0.2) is 0 Å². The fourth-order valence-electron chi connectivity index (χ4n) is 2.14. The van der Waals surface area contributed by atoms with Crippen molar-refractivity contribution in [1.29, 1.82) is 0 Å². The van der Waals surface area contributed by atoms with E-state index in [1.165, 1.54) is 0 Å². The summed E-state index contributed by atoms with van der Waals surface area (Å²) in [7, 11) is 1.58. The average molecular weight is 220 g/mol. The Balaban J connectivity index is 2.66. The van der Waals surface area contributed by atoms with Crippen LogP contribution in [0.15, 0.2) is 12.1 Å². The Labute approximate surface area is 95.4 Å². The minimum atomic E-state index is -0.277. The summed E-state index contributed by atoms with van der Waals surface area (Å²) in [5.74, 6) is 0.574. The Morgan fingerprint density at radius 3 is 2.62 bits per heavy atom. The van der Waals surface area contributed by atoms with Crippen molar-refractivity contribution in [3.63, 3.8) is 0 Å². The van der Waals surface area contributed by atoms with Crippen molar-refractivity contribution in [2.24, 2.45) is 0 Å². The zero-order chi connectivity index (χ0) is 11.9. The van der Waals surface area contributed by atoms with Crippen molar-refractivity contribution in [3.05, 3.63) is 28.8 Å². The molecule has 1 aliphatic rings. The summed E-state index contributed by atoms with van der Waals surface area (Å²) in [6, 6.07) is 3.98. The lowest BCUT2D eigenvalue weighted by Crippen LogP contribution is -2.29. The maximum atomic E-state index is 11.9. The van der Waals surface area contributed by atoms with E-state index in [1.807, 2.05) is 26.0 Å². The highest BCUT2D eigenvalue weighted by atomic mass is 16.5. The summed E-state index contributed by atoms with van der Waals surface area (Å²) < 4.78 is 10.6. The number of methoxy groups -OCH3 is 1. The first kappa shape index (κ1) is 11.0. The molecule has 0 bridgehead atoms. The maximum absolute atomic E-state index is 11.9. The largest absolute Gasteiger partial charge is 0.496 e. The first-order valence-corrected chi connectivity index (χ1v) is 5.44. The molecular weight excluding hydrogens is 204 g/mol. The molecule has 0 saturated carbocycles. The molecule has 0 fully saturated rings. The highest BCUT2D eigenvalue weighted by molar-refractivity contribution is 5.96. The van der Waals surface area contributed by atoms with Gasteiger partial charge in [-0.3, -0.25) is 0 Å². The third-order valence-electron chi connectivity index (χ3n) is 3.28. The molecule has 0 radical (unpaired) electrons. The molecule has 3 nitrogen and oxygen atoms in total. The number of rotatable bonds is 1. The van der Waals surface area contributed by atoms with Gasteiger partial charge in [-0.15, -0.1) is 0 Å². The molecule has 1 heterocycles. The summed E-state index contributed by atoms with van der Waals surface area (Å²) in [4.78, 5) is 11.9. The lowest BCUT2D eigenvalue weighted by Gasteiger charge is -2.29. The summed E-state index contributed by atoms with van der Waals surface area (Å²) in [5.41, 5.74) is 2.57. The normalized spacial score (nSPS) is 23.6. The van der Waals surface area contributed by atoms with Crippen LogP contribution in [0.5, 0.6) is 5.75 Å². The number of carbonyl (C=O) groups is 1. The van der Waals surface area contributed by atoms with E-state index in [0.717, 1.165) is 11.1 Å². The molecule has 2 atom stereocenters. The van der Waals surface area contributed by atoms with E-state index < -0.39 is 0 Å². The molecule has 0 N–H and O–H groups in total. The van der Waals surface area contributed by atoms with Gasteiger partial charge in [0.05, 0.1) is 7.11 Å². The van der Waals surface area contributed by atoms with E-state index in [-0.39, 0.29) is 18.0 Å². The van der Waals surface area contributed by atoms with Crippen LogP contribution in [0.25, 0.3) is 0 Å². The monoisotopic (exact) mass is 220 g/mol. The standard InChI is InChI=1S/C13H16O3/c1-7-5-6-10-8(2)9(3)16-13(14)11(10)12(7)15-4/h5-6,8-9H,1-4H3/t8-,9-/m0/s1. The van der Waals surface area contributed by atoms with Crippen molar-refractivity contribution in [2.75, 3.05) is 7.11 Å². The van der Waals surface area contributed by atoms with E-state index >= 15 is 0 Å². The fourth-order valence-corrected chi connectivity index (χ4v) is 2.14. The van der Waals surface area contributed by atoms with Gasteiger partial charge in [-0.1, -0.05) is 19.1 Å². The van der Waals surface area contributed by atoms with Crippen LogP contribution in [-0.2, 0) is 4.74 Å². The molecule has 0 amide bonds. The first-order valence-electron chi connectivity index (χ1n) is 5.44. The van der Waals surface area contributed by atoms with Gasteiger partial charge in [0.1, 0.15) is 17.4 Å². The van der Waals surface area contributed by atoms with Crippen LogP contribution in [0.4, 0.5) is 0 Å². The molecule has 3 heteroatoms. The Hall–Kier alpha value is -1.51. The van der Waals surface area contributed by atoms with Gasteiger partial charge < -0.3 is 9.47 Å². The molecule has 0 spiro atoms. The van der Waals surface area contributed by atoms with Crippen molar-refractivity contribution in [2.45, 2.75) is 32.8 Å². The Kier molecular flexibility index (Phi) is 2.62. The zero-order valence-electron chi connectivity index (χ0n) is 10.0. The Bertz CT molecular complexity index is 437. The lowest BCUT2D eigenvalue weighted by atomic mass is 9.88. The van der Waals surface area contributed by atoms with Gasteiger partial charge in [-0.05, 0) is 25.0 Å². The minimum absolute atomic E-state index is 0.0765. The van der Waals surface area contributed by atoms with Crippen LogP contribution < -0.4 is 4.74 Å². The number of aryl methyl sites for hydroxylation is 1. The molecule has 16 heavy (non-hydrogen) atoms. The third-order valence-corrected chi connectivity index (χ3v) is 3.28. The van der Waals surface area contributed by atoms with Crippen LogP contribution in [0.2, 0.25) is 0 Å². The van der Waals surface area contributed by atoms with E-state index in [2.05, 4.69) is 6.92 Å². The minimum Gasteiger partial charge on any atom is -0.496 e. The second kappa shape index (κ2) is 3.81. The van der Waals surface area contributed by atoms with Crippen molar-refractivity contribution >= 4 is 5.97 Å². The molecule has 1 aromatic rings. The number of benzene rings is 1. The molecular formula is C13H16O3. The number of hydrogen-bond acceptors (Lipinski definition) is 3. The molecule has 0 aliphatic carbocycles. The zero-order valence-corrected chi connectivity index (χ0v) is 10.0. The van der Waals surface area contributed by atoms with Crippen LogP contribution in [0.1, 0.15) is 41.3 Å². The van der Waals surface area contributed by atoms with Gasteiger partial charge in [-0.2, -0.15) is 0 Å². The van der Waals surface area contributed by atoms with Gasteiger partial charge in [-0.25, -0.2) is 4.79 Å². The first-order chi connectivity index (χ1) is 7.56. The van der Waals surface area contributed by atoms with E-state index in [0.29, 0.717) is 11.3 Å². The number of cyclic esters (lactones) is 1. The van der Waals surface area contributed by atoms with Crippen LogP contribution in [-0.4, -0.2) is 19.2 Å². The summed E-state index contributed by atoms with van der Waals surface area (Å²) in [5, 5.41) is 0. The van der Waals surface area contributed by atoms with Crippen LogP contribution >= 0.6 is 0 Å². The van der Waals surface area contributed by atoms with Gasteiger partial charge >= 0.3 is 5.97 Å². The van der Waals surface area contributed by atoms with Gasteiger partial charge in [0.25, 0.3) is 0 Å². The van der Waals surface area contributed by atoms with E-state index in [4.69, 9.17) is 9.47 Å². The number of hydrogen-bond donors (Lipinski definition) is 0. The molecule has 86 valence electrons. The number of carbonyl (C=O) groups excluding carboxylic acids is 1. The molecule has 0 unspecified atom stereocenters. The molecule has 1 aliphatic heterocycles. The molecule has 0 saturated heterocycles. The quantitative estimate of drug-likeness (QED) is 0.682. The Morgan fingerprint density at radius 1 is 1.31 bits per heavy atom. The lowest BCUT2D eigenvalue weighted by molar-refractivity contribution is 0.0236. The maximum Gasteiger partial charge on any atom is 0.342 e. The summed E-state index contributed by atoms with van der Waals surface area (Å²) >= 11 is 0. The fraction of sp³-hybridized carbons (Fsp3) is 0.462. The highest BCUT2D eigenvalue weighted by Gasteiger charge is 2.33. The smallest absolute Gasteiger partial charge is 0.342 e. The van der Waals surface area contributed by atoms with Crippen LogP contribution in [0.3, 0.4) is 0 Å². The average Bonchev–Trinajstić information content (AvgIpc) is 2.25. The highest BCUT2D eigenvalue weighted by Crippen LogP contribution is 2.37. The number of ether oxygens (including phenoxy) is 2. The summed E-state index contributed by atoms with van der Waals surface area (Å²) in [6.45, 7) is 5.90. The SMILES string of the molecule is COc1c(C)ccc2c1C(=O)O[C@@H](C)[C@@H]2C.